The first-order valence-electron chi connectivity index (χ1n) is 5.99. The molecule has 1 aromatic rings. The van der Waals surface area contributed by atoms with E-state index in [0.29, 0.717) is 0 Å². The van der Waals surface area contributed by atoms with Crippen LogP contribution in [0, 0.1) is 0 Å². The lowest BCUT2D eigenvalue weighted by Crippen LogP contribution is -2.44. The molecule has 4 heteroatoms. The van der Waals surface area contributed by atoms with E-state index in [2.05, 4.69) is 19.2 Å². The molecule has 0 fully saturated rings. The van der Waals surface area contributed by atoms with Crippen molar-refractivity contribution < 1.29 is 14.3 Å². The number of benzene rings is 1. The van der Waals surface area contributed by atoms with E-state index in [-0.39, 0.29) is 11.4 Å². The van der Waals surface area contributed by atoms with Gasteiger partial charge in [-0.2, -0.15) is 0 Å². The highest BCUT2D eigenvalue weighted by Gasteiger charge is 2.36. The van der Waals surface area contributed by atoms with Gasteiger partial charge >= 0.3 is 5.97 Å². The third kappa shape index (κ3) is 2.08. The monoisotopic (exact) mass is 249 g/mol. The van der Waals surface area contributed by atoms with Crippen LogP contribution in [0.25, 0.3) is 0 Å². The minimum Gasteiger partial charge on any atom is -0.497 e. The molecule has 4 nitrogen and oxygen atoms in total. The molecule has 0 saturated heterocycles. The number of esters is 1. The van der Waals surface area contributed by atoms with Gasteiger partial charge in [0.25, 0.3) is 0 Å². The zero-order valence-corrected chi connectivity index (χ0v) is 11.2. The molecule has 0 aliphatic carbocycles. The molecular formula is C14H19NO3. The van der Waals surface area contributed by atoms with E-state index >= 15 is 0 Å². The van der Waals surface area contributed by atoms with Gasteiger partial charge < -0.3 is 9.47 Å². The number of fused-ring (bicyclic) bond motifs is 1. The van der Waals surface area contributed by atoms with Crippen molar-refractivity contribution >= 4 is 5.97 Å². The van der Waals surface area contributed by atoms with Gasteiger partial charge in [0.15, 0.2) is 0 Å². The molecule has 1 aliphatic heterocycles. The fraction of sp³-hybridized carbons (Fsp3) is 0.500. The molecule has 0 radical (unpaired) electrons. The Morgan fingerprint density at radius 3 is 2.72 bits per heavy atom. The van der Waals surface area contributed by atoms with Gasteiger partial charge in [-0.15, -0.1) is 0 Å². The summed E-state index contributed by atoms with van der Waals surface area (Å²) in [7, 11) is 3.03. The summed E-state index contributed by atoms with van der Waals surface area (Å²) >= 11 is 0. The highest BCUT2D eigenvalue weighted by molar-refractivity contribution is 5.79. The summed E-state index contributed by atoms with van der Waals surface area (Å²) in [5.41, 5.74) is 2.10. The maximum atomic E-state index is 11.8. The maximum Gasteiger partial charge on any atom is 0.327 e. The Hall–Kier alpha value is -1.55. The maximum absolute atomic E-state index is 11.8. The smallest absolute Gasteiger partial charge is 0.327 e. The second kappa shape index (κ2) is 4.61. The van der Waals surface area contributed by atoms with Crippen LogP contribution in [0.4, 0.5) is 0 Å². The first-order chi connectivity index (χ1) is 8.49. The lowest BCUT2D eigenvalue weighted by atomic mass is 9.76. The van der Waals surface area contributed by atoms with Crippen LogP contribution in [0.1, 0.15) is 31.0 Å². The SMILES string of the molecule is COC(=O)C1NCC(C)(C)c2ccc(OC)cc21. The molecule has 0 saturated carbocycles. The van der Waals surface area contributed by atoms with Crippen molar-refractivity contribution in [3.05, 3.63) is 29.3 Å². The van der Waals surface area contributed by atoms with Crippen molar-refractivity contribution in [3.63, 3.8) is 0 Å². The van der Waals surface area contributed by atoms with Crippen molar-refractivity contribution in [2.45, 2.75) is 25.3 Å². The molecule has 0 spiro atoms. The van der Waals surface area contributed by atoms with Gasteiger partial charge in [0.05, 0.1) is 14.2 Å². The Morgan fingerprint density at radius 1 is 1.39 bits per heavy atom. The summed E-state index contributed by atoms with van der Waals surface area (Å²) in [4.78, 5) is 11.8. The molecule has 0 aromatic heterocycles. The molecule has 0 bridgehead atoms. The molecule has 1 heterocycles. The summed E-state index contributed by atoms with van der Waals surface area (Å²) < 4.78 is 10.1. The zero-order chi connectivity index (χ0) is 13.3. The van der Waals surface area contributed by atoms with Crippen LogP contribution in [0.5, 0.6) is 5.75 Å². The summed E-state index contributed by atoms with van der Waals surface area (Å²) in [6.45, 7) is 5.05. The van der Waals surface area contributed by atoms with Crippen molar-refractivity contribution in [2.75, 3.05) is 20.8 Å². The van der Waals surface area contributed by atoms with E-state index < -0.39 is 6.04 Å². The van der Waals surface area contributed by atoms with Gasteiger partial charge in [0, 0.05) is 12.0 Å². The van der Waals surface area contributed by atoms with Crippen LogP contribution in [-0.2, 0) is 14.9 Å². The molecule has 0 amide bonds. The van der Waals surface area contributed by atoms with Crippen LogP contribution >= 0.6 is 0 Å². The third-order valence-electron chi connectivity index (χ3n) is 3.48. The standard InChI is InChI=1S/C14H19NO3/c1-14(2)8-15-12(13(16)18-4)10-7-9(17-3)5-6-11(10)14/h5-7,12,15H,8H2,1-4H3. The second-order valence-corrected chi connectivity index (χ2v) is 5.17. The van der Waals surface area contributed by atoms with Gasteiger partial charge in [-0.25, -0.2) is 4.79 Å². The van der Waals surface area contributed by atoms with Crippen LogP contribution in [-0.4, -0.2) is 26.7 Å². The molecule has 1 aromatic carbocycles. The number of hydrogen-bond acceptors (Lipinski definition) is 4. The first-order valence-corrected chi connectivity index (χ1v) is 5.99. The number of hydrogen-bond donors (Lipinski definition) is 1. The molecule has 18 heavy (non-hydrogen) atoms. The minimum atomic E-state index is -0.409. The number of rotatable bonds is 2. The number of carbonyl (C=O) groups excluding carboxylic acids is 1. The predicted molar refractivity (Wildman–Crippen MR) is 68.8 cm³/mol. The molecule has 2 rings (SSSR count). The average Bonchev–Trinajstić information content (AvgIpc) is 2.37. The Kier molecular flexibility index (Phi) is 3.30. The van der Waals surface area contributed by atoms with Gasteiger partial charge in [0.2, 0.25) is 0 Å². The summed E-state index contributed by atoms with van der Waals surface area (Å²) in [6.07, 6.45) is 0. The Labute approximate surface area is 107 Å². The van der Waals surface area contributed by atoms with Crippen molar-refractivity contribution in [1.82, 2.24) is 5.32 Å². The van der Waals surface area contributed by atoms with Crippen LogP contribution < -0.4 is 10.1 Å². The predicted octanol–water partition coefficient (Wildman–Crippen LogP) is 1.79. The summed E-state index contributed by atoms with van der Waals surface area (Å²) in [5, 5.41) is 3.24. The number of carbonyl (C=O) groups is 1. The van der Waals surface area contributed by atoms with Crippen LogP contribution in [0.3, 0.4) is 0 Å². The highest BCUT2D eigenvalue weighted by Crippen LogP contribution is 2.36. The normalized spacial score (nSPS) is 21.0. The topological polar surface area (TPSA) is 47.6 Å². The highest BCUT2D eigenvalue weighted by atomic mass is 16.5. The van der Waals surface area contributed by atoms with Crippen molar-refractivity contribution in [3.8, 4) is 5.75 Å². The van der Waals surface area contributed by atoms with Gasteiger partial charge in [-0.05, 0) is 23.3 Å². The van der Waals surface area contributed by atoms with Gasteiger partial charge in [-0.1, -0.05) is 19.9 Å². The van der Waals surface area contributed by atoms with Crippen LogP contribution in [0.15, 0.2) is 18.2 Å². The Morgan fingerprint density at radius 2 is 2.11 bits per heavy atom. The van der Waals surface area contributed by atoms with Crippen molar-refractivity contribution in [1.29, 1.82) is 0 Å². The molecule has 98 valence electrons. The summed E-state index contributed by atoms with van der Waals surface area (Å²) in [5.74, 6) is 0.488. The minimum absolute atomic E-state index is 0.00781. The molecule has 1 atom stereocenters. The van der Waals surface area contributed by atoms with E-state index in [1.807, 2.05) is 18.2 Å². The Balaban J connectivity index is 2.52. The van der Waals surface area contributed by atoms with Gasteiger partial charge in [-0.3, -0.25) is 5.32 Å². The fourth-order valence-corrected chi connectivity index (χ4v) is 2.41. The second-order valence-electron chi connectivity index (χ2n) is 5.17. The molecular weight excluding hydrogens is 230 g/mol. The molecule has 1 N–H and O–H groups in total. The number of methoxy groups -OCH3 is 2. The van der Waals surface area contributed by atoms with E-state index in [9.17, 15) is 4.79 Å². The number of nitrogens with one attached hydrogen (secondary N) is 1. The third-order valence-corrected chi connectivity index (χ3v) is 3.48. The fourth-order valence-electron chi connectivity index (χ4n) is 2.41. The number of ether oxygens (including phenoxy) is 2. The van der Waals surface area contributed by atoms with Gasteiger partial charge in [0.1, 0.15) is 11.8 Å². The van der Waals surface area contributed by atoms with E-state index in [1.54, 1.807) is 7.11 Å². The van der Waals surface area contributed by atoms with Crippen molar-refractivity contribution in [2.24, 2.45) is 0 Å². The van der Waals surface area contributed by atoms with Crippen LogP contribution in [0.2, 0.25) is 0 Å². The van der Waals surface area contributed by atoms with E-state index in [4.69, 9.17) is 9.47 Å². The van der Waals surface area contributed by atoms with E-state index in [1.165, 1.54) is 7.11 Å². The molecule has 1 unspecified atom stereocenters. The Bertz CT molecular complexity index is 468. The largest absolute Gasteiger partial charge is 0.497 e. The first kappa shape index (κ1) is 12.9. The zero-order valence-electron chi connectivity index (χ0n) is 11.2. The average molecular weight is 249 g/mol. The summed E-state index contributed by atoms with van der Waals surface area (Å²) in [6, 6.07) is 5.46. The van der Waals surface area contributed by atoms with E-state index in [0.717, 1.165) is 23.4 Å². The lowest BCUT2D eigenvalue weighted by Gasteiger charge is -2.37. The quantitative estimate of drug-likeness (QED) is 0.812. The molecule has 1 aliphatic rings. The lowest BCUT2D eigenvalue weighted by molar-refractivity contribution is -0.143.